The van der Waals surface area contributed by atoms with E-state index < -0.39 is 0 Å². The Morgan fingerprint density at radius 1 is 1.26 bits per heavy atom. The largest absolute Gasteiger partial charge is 0.497 e. The van der Waals surface area contributed by atoms with Gasteiger partial charge in [-0.05, 0) is 36.7 Å². The maximum Gasteiger partial charge on any atom is 0.158 e. The van der Waals surface area contributed by atoms with E-state index in [1.54, 1.807) is 13.4 Å². The fourth-order valence-corrected chi connectivity index (χ4v) is 2.49. The minimum absolute atomic E-state index is 0.784. The number of fused-ring (bicyclic) bond motifs is 1. The Bertz CT molecular complexity index is 784. The third kappa shape index (κ3) is 3.43. The maximum absolute atomic E-state index is 5.27. The summed E-state index contributed by atoms with van der Waals surface area (Å²) in [6.45, 7) is 3.94. The second-order valence-corrected chi connectivity index (χ2v) is 5.28. The fourth-order valence-electron chi connectivity index (χ4n) is 2.49. The van der Waals surface area contributed by atoms with Crippen LogP contribution in [0.1, 0.15) is 18.9 Å². The monoisotopic (exact) mass is 311 g/mol. The second kappa shape index (κ2) is 7.11. The van der Waals surface area contributed by atoms with Crippen molar-refractivity contribution in [1.29, 1.82) is 0 Å². The Balaban J connectivity index is 1.91. The second-order valence-electron chi connectivity index (χ2n) is 5.28. The first-order valence-electron chi connectivity index (χ1n) is 7.75. The lowest BCUT2D eigenvalue weighted by molar-refractivity contribution is 0.415. The smallest absolute Gasteiger partial charge is 0.158 e. The number of aromatic nitrogens is 3. The molecule has 0 bridgehead atoms. The molecule has 2 heterocycles. The van der Waals surface area contributed by atoms with Crippen LogP contribution in [0.5, 0.6) is 5.75 Å². The highest BCUT2D eigenvalue weighted by molar-refractivity contribution is 5.76. The molecule has 0 aliphatic rings. The van der Waals surface area contributed by atoms with E-state index in [1.165, 1.54) is 5.56 Å². The average molecular weight is 311 g/mol. The molecule has 0 aliphatic carbocycles. The molecule has 3 rings (SSSR count). The Labute approximate surface area is 135 Å². The van der Waals surface area contributed by atoms with Gasteiger partial charge in [0, 0.05) is 24.5 Å². The first-order chi connectivity index (χ1) is 11.3. The van der Waals surface area contributed by atoms with Crippen LogP contribution in [-0.2, 0) is 6.54 Å². The molecule has 0 amide bonds. The number of hydrogen-bond donors (Lipinski definition) is 2. The van der Waals surface area contributed by atoms with Crippen molar-refractivity contribution in [3.63, 3.8) is 0 Å². The minimum Gasteiger partial charge on any atom is -0.497 e. The highest BCUT2D eigenvalue weighted by atomic mass is 16.5. The van der Waals surface area contributed by atoms with E-state index >= 15 is 0 Å². The van der Waals surface area contributed by atoms with Gasteiger partial charge in [0.15, 0.2) is 5.82 Å². The lowest BCUT2D eigenvalue weighted by Crippen LogP contribution is -2.14. The predicted octanol–water partition coefficient (Wildman–Crippen LogP) is 2.98. The average Bonchev–Trinajstić information content (AvgIpc) is 3.00. The van der Waals surface area contributed by atoms with Gasteiger partial charge in [-0.25, -0.2) is 9.50 Å². The normalized spacial score (nSPS) is 10.9. The number of rotatable bonds is 7. The summed E-state index contributed by atoms with van der Waals surface area (Å²) in [7, 11) is 1.66. The molecular weight excluding hydrogens is 290 g/mol. The molecular formula is C17H21N5O. The molecule has 0 radical (unpaired) electrons. The van der Waals surface area contributed by atoms with Gasteiger partial charge in [0.2, 0.25) is 0 Å². The summed E-state index contributed by atoms with van der Waals surface area (Å²) in [6.07, 6.45) is 4.62. The van der Waals surface area contributed by atoms with E-state index in [0.717, 1.165) is 42.3 Å². The summed E-state index contributed by atoms with van der Waals surface area (Å²) in [4.78, 5) is 4.41. The van der Waals surface area contributed by atoms with Gasteiger partial charge in [-0.15, -0.1) is 0 Å². The molecule has 0 saturated heterocycles. The van der Waals surface area contributed by atoms with Crippen LogP contribution in [0.4, 0.5) is 11.5 Å². The van der Waals surface area contributed by atoms with Crippen LogP contribution in [0, 0.1) is 0 Å². The molecule has 0 saturated carbocycles. The lowest BCUT2D eigenvalue weighted by Gasteiger charge is -2.10. The van der Waals surface area contributed by atoms with Crippen molar-refractivity contribution in [2.24, 2.45) is 0 Å². The SMILES string of the molecule is CCCNCc1ccn2ncnc(Nc3cccc(OC)c3)c12. The van der Waals surface area contributed by atoms with Gasteiger partial charge in [0.25, 0.3) is 0 Å². The van der Waals surface area contributed by atoms with Crippen molar-refractivity contribution in [2.75, 3.05) is 19.0 Å². The molecule has 23 heavy (non-hydrogen) atoms. The summed E-state index contributed by atoms with van der Waals surface area (Å²) in [5, 5.41) is 11.1. The number of hydrogen-bond acceptors (Lipinski definition) is 5. The van der Waals surface area contributed by atoms with Crippen LogP contribution in [0.2, 0.25) is 0 Å². The summed E-state index contributed by atoms with van der Waals surface area (Å²) >= 11 is 0. The highest BCUT2D eigenvalue weighted by Crippen LogP contribution is 2.25. The van der Waals surface area contributed by atoms with Gasteiger partial charge < -0.3 is 15.4 Å². The van der Waals surface area contributed by atoms with Gasteiger partial charge in [-0.2, -0.15) is 5.10 Å². The predicted molar refractivity (Wildman–Crippen MR) is 91.3 cm³/mol. The topological polar surface area (TPSA) is 63.5 Å². The van der Waals surface area contributed by atoms with Crippen molar-refractivity contribution >= 4 is 17.0 Å². The third-order valence-corrected chi connectivity index (χ3v) is 3.61. The first kappa shape index (κ1) is 15.3. The van der Waals surface area contributed by atoms with Crippen LogP contribution in [-0.4, -0.2) is 28.3 Å². The van der Waals surface area contributed by atoms with Crippen LogP contribution >= 0.6 is 0 Å². The molecule has 120 valence electrons. The van der Waals surface area contributed by atoms with Crippen molar-refractivity contribution in [1.82, 2.24) is 19.9 Å². The van der Waals surface area contributed by atoms with E-state index in [1.807, 2.05) is 35.0 Å². The maximum atomic E-state index is 5.27. The molecule has 6 nitrogen and oxygen atoms in total. The van der Waals surface area contributed by atoms with Gasteiger partial charge in [-0.1, -0.05) is 13.0 Å². The Kier molecular flexibility index (Phi) is 4.73. The number of anilines is 2. The lowest BCUT2D eigenvalue weighted by atomic mass is 10.2. The minimum atomic E-state index is 0.784. The number of methoxy groups -OCH3 is 1. The summed E-state index contributed by atoms with van der Waals surface area (Å²) in [5.41, 5.74) is 3.09. The van der Waals surface area contributed by atoms with Crippen LogP contribution < -0.4 is 15.4 Å². The van der Waals surface area contributed by atoms with Crippen molar-refractivity contribution in [3.8, 4) is 5.75 Å². The molecule has 0 atom stereocenters. The molecule has 0 fully saturated rings. The first-order valence-corrected chi connectivity index (χ1v) is 7.75. The summed E-state index contributed by atoms with van der Waals surface area (Å²) in [6, 6.07) is 9.86. The van der Waals surface area contributed by atoms with Gasteiger partial charge in [0.1, 0.15) is 17.6 Å². The van der Waals surface area contributed by atoms with E-state index in [9.17, 15) is 0 Å². The zero-order valence-corrected chi connectivity index (χ0v) is 13.4. The Morgan fingerprint density at radius 3 is 3.00 bits per heavy atom. The number of nitrogens with zero attached hydrogens (tertiary/aromatic N) is 3. The highest BCUT2D eigenvalue weighted by Gasteiger charge is 2.10. The van der Waals surface area contributed by atoms with Crippen LogP contribution in [0.3, 0.4) is 0 Å². The van der Waals surface area contributed by atoms with E-state index in [2.05, 4.69) is 33.7 Å². The van der Waals surface area contributed by atoms with Crippen molar-refractivity contribution < 1.29 is 4.74 Å². The summed E-state index contributed by atoms with van der Waals surface area (Å²) in [5.74, 6) is 1.59. The van der Waals surface area contributed by atoms with E-state index in [0.29, 0.717) is 0 Å². The molecule has 3 aromatic rings. The molecule has 2 N–H and O–H groups in total. The zero-order valence-electron chi connectivity index (χ0n) is 13.4. The molecule has 1 aromatic carbocycles. The number of ether oxygens (including phenoxy) is 1. The van der Waals surface area contributed by atoms with E-state index in [4.69, 9.17) is 4.74 Å². The van der Waals surface area contributed by atoms with Crippen molar-refractivity contribution in [3.05, 3.63) is 48.4 Å². The molecule has 0 aliphatic heterocycles. The fraction of sp³-hybridized carbons (Fsp3) is 0.294. The zero-order chi connectivity index (χ0) is 16.1. The van der Waals surface area contributed by atoms with Gasteiger partial charge in [0.05, 0.1) is 7.11 Å². The molecule has 0 spiro atoms. The number of nitrogens with one attached hydrogen (secondary N) is 2. The molecule has 6 heteroatoms. The molecule has 0 unspecified atom stereocenters. The third-order valence-electron chi connectivity index (χ3n) is 3.61. The standard InChI is InChI=1S/C17H21N5O/c1-3-8-18-11-13-7-9-22-16(13)17(19-12-20-22)21-14-5-4-6-15(10-14)23-2/h4-7,9-10,12,18H,3,8,11H2,1-2H3,(H,19,20,21). The van der Waals surface area contributed by atoms with Gasteiger partial charge in [-0.3, -0.25) is 0 Å². The van der Waals surface area contributed by atoms with Gasteiger partial charge >= 0.3 is 0 Å². The molecule has 2 aromatic heterocycles. The number of benzene rings is 1. The summed E-state index contributed by atoms with van der Waals surface area (Å²) < 4.78 is 7.11. The van der Waals surface area contributed by atoms with Crippen molar-refractivity contribution in [2.45, 2.75) is 19.9 Å². The Morgan fingerprint density at radius 2 is 2.17 bits per heavy atom. The Hall–Kier alpha value is -2.60. The van der Waals surface area contributed by atoms with E-state index in [-0.39, 0.29) is 0 Å². The van der Waals surface area contributed by atoms with Crippen LogP contribution in [0.25, 0.3) is 5.52 Å². The quantitative estimate of drug-likeness (QED) is 0.657. The van der Waals surface area contributed by atoms with Crippen LogP contribution in [0.15, 0.2) is 42.9 Å².